The number of halogens is 1. The number of likely N-dealkylation sites (N-methyl/N-ethyl adjacent to an activating group) is 1. The Morgan fingerprint density at radius 1 is 1.56 bits per heavy atom. The summed E-state index contributed by atoms with van der Waals surface area (Å²) in [7, 11) is 1.98. The van der Waals surface area contributed by atoms with Gasteiger partial charge in [0.05, 0.1) is 30.4 Å². The van der Waals surface area contributed by atoms with Gasteiger partial charge in [-0.2, -0.15) is 0 Å². The molecule has 1 fully saturated rings. The van der Waals surface area contributed by atoms with Crippen LogP contribution in [0.5, 0.6) is 5.75 Å². The van der Waals surface area contributed by atoms with Crippen LogP contribution in [0.2, 0.25) is 0 Å². The molecule has 6 nitrogen and oxygen atoms in total. The quantitative estimate of drug-likeness (QED) is 0.877. The van der Waals surface area contributed by atoms with Gasteiger partial charge in [-0.25, -0.2) is 14.2 Å². The molecule has 2 aromatic rings. The van der Waals surface area contributed by atoms with E-state index in [1.54, 1.807) is 6.20 Å². The Morgan fingerprint density at radius 3 is 3.00 bits per heavy atom. The number of morpholine rings is 1. The van der Waals surface area contributed by atoms with Crippen molar-refractivity contribution < 1.29 is 23.8 Å². The maximum Gasteiger partial charge on any atom is 0.338 e. The summed E-state index contributed by atoms with van der Waals surface area (Å²) in [5.74, 6) is -1.83. The zero-order chi connectivity index (χ0) is 18.0. The summed E-state index contributed by atoms with van der Waals surface area (Å²) in [6.07, 6.45) is 1.63. The summed E-state index contributed by atoms with van der Waals surface area (Å²) < 4.78 is 25.7. The Balaban J connectivity index is 1.88. The first-order valence-corrected chi connectivity index (χ1v) is 8.67. The van der Waals surface area contributed by atoms with Crippen molar-refractivity contribution in [2.75, 3.05) is 33.4 Å². The lowest BCUT2D eigenvalue weighted by atomic mass is 10.1. The number of rotatable bonds is 5. The summed E-state index contributed by atoms with van der Waals surface area (Å²) in [4.78, 5) is 18.6. The molecule has 8 heteroatoms. The summed E-state index contributed by atoms with van der Waals surface area (Å²) >= 11 is 1.30. The summed E-state index contributed by atoms with van der Waals surface area (Å²) in [5.41, 5.74) is -0.283. The Labute approximate surface area is 148 Å². The first kappa shape index (κ1) is 17.8. The molecule has 0 bridgehead atoms. The highest BCUT2D eigenvalue weighted by atomic mass is 32.1. The third-order valence-corrected chi connectivity index (χ3v) is 5.04. The molecule has 1 N–H and O–H groups in total. The van der Waals surface area contributed by atoms with Crippen LogP contribution in [0.1, 0.15) is 15.2 Å². The lowest BCUT2D eigenvalue weighted by Crippen LogP contribution is -2.46. The van der Waals surface area contributed by atoms with Gasteiger partial charge in [0.15, 0.2) is 0 Å². The van der Waals surface area contributed by atoms with E-state index in [1.165, 1.54) is 23.5 Å². The molecule has 0 spiro atoms. The molecule has 0 radical (unpaired) electrons. The molecular formula is C17H19FN2O4S. The first-order valence-electron chi connectivity index (χ1n) is 7.86. The van der Waals surface area contributed by atoms with E-state index in [4.69, 9.17) is 9.47 Å². The van der Waals surface area contributed by atoms with Gasteiger partial charge >= 0.3 is 5.97 Å². The molecule has 0 amide bonds. The Hall–Kier alpha value is -2.03. The minimum absolute atomic E-state index is 0.0673. The van der Waals surface area contributed by atoms with Gasteiger partial charge in [0.1, 0.15) is 23.2 Å². The van der Waals surface area contributed by atoms with Crippen LogP contribution in [0.4, 0.5) is 4.39 Å². The van der Waals surface area contributed by atoms with Crippen LogP contribution >= 0.6 is 11.3 Å². The highest BCUT2D eigenvalue weighted by molar-refractivity contribution is 7.14. The minimum atomic E-state index is -1.34. The second-order valence-corrected chi connectivity index (χ2v) is 7.17. The number of carbonyl (C=O) groups is 1. The zero-order valence-electron chi connectivity index (χ0n) is 14.0. The molecular weight excluding hydrogens is 347 g/mol. The summed E-state index contributed by atoms with van der Waals surface area (Å²) in [6.45, 7) is 4.22. The van der Waals surface area contributed by atoms with Gasteiger partial charge in [-0.1, -0.05) is 0 Å². The van der Waals surface area contributed by atoms with E-state index in [2.05, 4.69) is 9.88 Å². The smallest absolute Gasteiger partial charge is 0.338 e. The molecule has 0 unspecified atom stereocenters. The van der Waals surface area contributed by atoms with E-state index in [0.29, 0.717) is 30.6 Å². The Morgan fingerprint density at radius 2 is 2.36 bits per heavy atom. The highest BCUT2D eigenvalue weighted by Crippen LogP contribution is 2.32. The van der Waals surface area contributed by atoms with E-state index in [-0.39, 0.29) is 11.6 Å². The van der Waals surface area contributed by atoms with Gasteiger partial charge in [-0.3, -0.25) is 4.90 Å². The van der Waals surface area contributed by atoms with Crippen molar-refractivity contribution in [3.05, 3.63) is 34.6 Å². The number of benzene rings is 1. The minimum Gasteiger partial charge on any atom is -0.492 e. The normalized spacial score (nSPS) is 18.3. The fraction of sp³-hybridized carbons (Fsp3) is 0.412. The average molecular weight is 366 g/mol. The molecule has 1 aromatic heterocycles. The SMILES string of the molecule is Cc1cnc(-c2cc(OC[C@@H]3COCCN3C)cc(C(=O)O)c2F)s1. The third-order valence-electron chi connectivity index (χ3n) is 4.09. The number of hydrogen-bond donors (Lipinski definition) is 1. The van der Waals surface area contributed by atoms with Crippen molar-refractivity contribution in [3.63, 3.8) is 0 Å². The molecule has 1 aliphatic rings. The van der Waals surface area contributed by atoms with Crippen molar-refractivity contribution >= 4 is 17.3 Å². The topological polar surface area (TPSA) is 71.9 Å². The fourth-order valence-electron chi connectivity index (χ4n) is 2.58. The number of aromatic nitrogens is 1. The Bertz CT molecular complexity index is 780. The summed E-state index contributed by atoms with van der Waals surface area (Å²) in [6, 6.07) is 2.78. The van der Waals surface area contributed by atoms with E-state index >= 15 is 0 Å². The van der Waals surface area contributed by atoms with Crippen molar-refractivity contribution in [1.82, 2.24) is 9.88 Å². The average Bonchev–Trinajstić information content (AvgIpc) is 3.01. The number of aromatic carboxylic acids is 1. The van der Waals surface area contributed by atoms with Crippen LogP contribution in [0, 0.1) is 12.7 Å². The van der Waals surface area contributed by atoms with Crippen molar-refractivity contribution in [2.45, 2.75) is 13.0 Å². The van der Waals surface area contributed by atoms with Crippen LogP contribution in [0.3, 0.4) is 0 Å². The highest BCUT2D eigenvalue weighted by Gasteiger charge is 2.23. The molecule has 0 aliphatic carbocycles. The van der Waals surface area contributed by atoms with Crippen LogP contribution in [-0.4, -0.2) is 60.4 Å². The predicted octanol–water partition coefficient (Wildman–Crippen LogP) is 2.67. The van der Waals surface area contributed by atoms with Gasteiger partial charge in [-0.05, 0) is 26.1 Å². The maximum atomic E-state index is 14.6. The largest absolute Gasteiger partial charge is 0.492 e. The molecule has 1 atom stereocenters. The fourth-order valence-corrected chi connectivity index (χ4v) is 3.35. The Kier molecular flexibility index (Phi) is 5.31. The van der Waals surface area contributed by atoms with Crippen molar-refractivity contribution in [2.24, 2.45) is 0 Å². The third kappa shape index (κ3) is 3.97. The van der Waals surface area contributed by atoms with Crippen LogP contribution < -0.4 is 4.74 Å². The molecule has 134 valence electrons. The molecule has 1 aliphatic heterocycles. The van der Waals surface area contributed by atoms with Crippen molar-refractivity contribution in [1.29, 1.82) is 0 Å². The number of aryl methyl sites for hydroxylation is 1. The van der Waals surface area contributed by atoms with Crippen LogP contribution in [-0.2, 0) is 4.74 Å². The standard InChI is InChI=1S/C17H19FN2O4S/c1-10-7-19-16(25-10)13-5-12(6-14(15(13)18)17(21)22)24-9-11-8-23-4-3-20(11)2/h5-7,11H,3-4,8-9H2,1-2H3,(H,21,22)/t11-/m0/s1. The van der Waals surface area contributed by atoms with Gasteiger partial charge in [0.2, 0.25) is 0 Å². The maximum absolute atomic E-state index is 14.6. The molecule has 2 heterocycles. The number of ether oxygens (including phenoxy) is 2. The second kappa shape index (κ2) is 7.47. The molecule has 25 heavy (non-hydrogen) atoms. The van der Waals surface area contributed by atoms with Crippen molar-refractivity contribution in [3.8, 4) is 16.3 Å². The number of thiazole rings is 1. The number of carboxylic acid groups (broad SMARTS) is 1. The molecule has 0 saturated carbocycles. The lowest BCUT2D eigenvalue weighted by Gasteiger charge is -2.32. The predicted molar refractivity (Wildman–Crippen MR) is 91.9 cm³/mol. The monoisotopic (exact) mass is 366 g/mol. The van der Waals surface area contributed by atoms with Gasteiger partial charge in [-0.15, -0.1) is 11.3 Å². The van der Waals surface area contributed by atoms with Gasteiger partial charge in [0, 0.05) is 17.6 Å². The zero-order valence-corrected chi connectivity index (χ0v) is 14.8. The van der Waals surface area contributed by atoms with Crippen LogP contribution in [0.15, 0.2) is 18.3 Å². The molecule has 1 saturated heterocycles. The van der Waals surface area contributed by atoms with E-state index in [1.807, 2.05) is 14.0 Å². The van der Waals surface area contributed by atoms with E-state index < -0.39 is 17.3 Å². The summed E-state index contributed by atoms with van der Waals surface area (Å²) in [5, 5.41) is 9.72. The number of carboxylic acids is 1. The number of hydrogen-bond acceptors (Lipinski definition) is 6. The number of nitrogens with zero attached hydrogens (tertiary/aromatic N) is 2. The first-order chi connectivity index (χ1) is 12.0. The van der Waals surface area contributed by atoms with Gasteiger partial charge in [0.25, 0.3) is 0 Å². The molecule has 1 aromatic carbocycles. The van der Waals surface area contributed by atoms with Gasteiger partial charge < -0.3 is 14.6 Å². The van der Waals surface area contributed by atoms with Crippen LogP contribution in [0.25, 0.3) is 10.6 Å². The van der Waals surface area contributed by atoms with E-state index in [0.717, 1.165) is 11.4 Å². The second-order valence-electron chi connectivity index (χ2n) is 5.93. The van der Waals surface area contributed by atoms with E-state index in [9.17, 15) is 14.3 Å². The molecule has 3 rings (SSSR count). The lowest BCUT2D eigenvalue weighted by molar-refractivity contribution is -0.0108.